The molecule has 1 N–H and O–H groups in total. The Hall–Kier alpha value is -2.51. The molecule has 0 aromatic heterocycles. The van der Waals surface area contributed by atoms with Gasteiger partial charge in [0.25, 0.3) is 0 Å². The van der Waals surface area contributed by atoms with Gasteiger partial charge in [0, 0.05) is 32.1 Å². The van der Waals surface area contributed by atoms with Crippen LogP contribution in [0.15, 0.2) is 59.5 Å². The first-order valence-electron chi connectivity index (χ1n) is 12.4. The summed E-state index contributed by atoms with van der Waals surface area (Å²) >= 11 is 0. The van der Waals surface area contributed by atoms with Crippen molar-refractivity contribution >= 4 is 26.0 Å². The van der Waals surface area contributed by atoms with Gasteiger partial charge in [0.15, 0.2) is 0 Å². The fourth-order valence-electron chi connectivity index (χ4n) is 4.40. The Labute approximate surface area is 218 Å². The lowest BCUT2D eigenvalue weighted by Gasteiger charge is -2.30. The molecule has 2 aliphatic rings. The van der Waals surface area contributed by atoms with E-state index in [-0.39, 0.29) is 29.1 Å². The number of carbonyl (C=O) groups is 1. The Bertz CT molecular complexity index is 1240. The number of morpholine rings is 1. The minimum absolute atomic E-state index is 0.0395. The minimum Gasteiger partial charge on any atom is -0.492 e. The Morgan fingerprint density at radius 1 is 0.892 bits per heavy atom. The van der Waals surface area contributed by atoms with Crippen LogP contribution in [0, 0.1) is 5.92 Å². The van der Waals surface area contributed by atoms with Crippen LogP contribution in [0.1, 0.15) is 18.4 Å². The average molecular weight is 552 g/mol. The molecule has 0 spiro atoms. The summed E-state index contributed by atoms with van der Waals surface area (Å²) in [6.07, 6.45) is 0.944. The summed E-state index contributed by atoms with van der Waals surface area (Å²) in [5.41, 5.74) is 0.746. The van der Waals surface area contributed by atoms with Crippen LogP contribution in [0.2, 0.25) is 0 Å². The van der Waals surface area contributed by atoms with E-state index in [0.29, 0.717) is 64.5 Å². The van der Waals surface area contributed by atoms with Crippen LogP contribution in [-0.2, 0) is 35.3 Å². The van der Waals surface area contributed by atoms with Crippen LogP contribution >= 0.6 is 0 Å². The number of nitrogens with one attached hydrogen (secondary N) is 1. The summed E-state index contributed by atoms with van der Waals surface area (Å²) in [4.78, 5) is 12.7. The van der Waals surface area contributed by atoms with Gasteiger partial charge in [0.05, 0.1) is 30.4 Å². The molecule has 2 saturated heterocycles. The standard InChI is InChI=1S/C25H33N3O7S2/c29-25(22-10-13-27(14-11-22)36(30,31)20-21-4-2-1-3-5-21)26-12-17-35-23-6-8-24(9-7-23)37(32,33)28-15-18-34-19-16-28/h1-9,22H,10-20H2,(H,26,29). The molecule has 4 rings (SSSR count). The van der Waals surface area contributed by atoms with E-state index < -0.39 is 20.0 Å². The monoisotopic (exact) mass is 551 g/mol. The summed E-state index contributed by atoms with van der Waals surface area (Å²) in [5.74, 6) is 0.109. The Kier molecular flexibility index (Phi) is 9.19. The van der Waals surface area contributed by atoms with Crippen molar-refractivity contribution in [2.24, 2.45) is 5.92 Å². The molecule has 0 saturated carbocycles. The molecule has 37 heavy (non-hydrogen) atoms. The second-order valence-corrected chi connectivity index (χ2v) is 12.9. The molecule has 10 nitrogen and oxygen atoms in total. The van der Waals surface area contributed by atoms with Crippen LogP contribution in [0.5, 0.6) is 5.75 Å². The third-order valence-corrected chi connectivity index (χ3v) is 10.3. The molecule has 2 aromatic rings. The number of hydrogen-bond acceptors (Lipinski definition) is 7. The van der Waals surface area contributed by atoms with Crippen molar-refractivity contribution in [3.8, 4) is 5.75 Å². The maximum atomic E-state index is 12.7. The molecule has 0 unspecified atom stereocenters. The van der Waals surface area contributed by atoms with Gasteiger partial charge in [0.2, 0.25) is 26.0 Å². The topological polar surface area (TPSA) is 122 Å². The van der Waals surface area contributed by atoms with Crippen molar-refractivity contribution in [3.63, 3.8) is 0 Å². The van der Waals surface area contributed by atoms with E-state index >= 15 is 0 Å². The largest absolute Gasteiger partial charge is 0.492 e. The summed E-state index contributed by atoms with van der Waals surface area (Å²) in [5, 5.41) is 2.85. The first-order valence-corrected chi connectivity index (χ1v) is 15.4. The number of amides is 1. The second-order valence-electron chi connectivity index (χ2n) is 9.04. The lowest BCUT2D eigenvalue weighted by molar-refractivity contribution is -0.126. The first-order chi connectivity index (χ1) is 17.8. The Morgan fingerprint density at radius 2 is 1.54 bits per heavy atom. The smallest absolute Gasteiger partial charge is 0.243 e. The van der Waals surface area contributed by atoms with Crippen LogP contribution in [0.3, 0.4) is 0 Å². The zero-order valence-electron chi connectivity index (χ0n) is 20.6. The second kappa shape index (κ2) is 12.4. The van der Waals surface area contributed by atoms with E-state index in [1.807, 2.05) is 18.2 Å². The van der Waals surface area contributed by atoms with Crippen molar-refractivity contribution in [2.75, 3.05) is 52.5 Å². The molecule has 12 heteroatoms. The maximum Gasteiger partial charge on any atom is 0.243 e. The van der Waals surface area contributed by atoms with Crippen LogP contribution < -0.4 is 10.1 Å². The molecule has 1 amide bonds. The molecule has 0 bridgehead atoms. The maximum absolute atomic E-state index is 12.7. The molecule has 0 radical (unpaired) electrons. The normalized spacial score (nSPS) is 18.4. The van der Waals surface area contributed by atoms with Gasteiger partial charge in [-0.15, -0.1) is 0 Å². The fourth-order valence-corrected chi connectivity index (χ4v) is 7.37. The van der Waals surface area contributed by atoms with Gasteiger partial charge in [-0.05, 0) is 42.7 Å². The van der Waals surface area contributed by atoms with Crippen molar-refractivity contribution in [1.82, 2.24) is 13.9 Å². The highest BCUT2D eigenvalue weighted by atomic mass is 32.2. The predicted molar refractivity (Wildman–Crippen MR) is 138 cm³/mol. The van der Waals surface area contributed by atoms with Crippen molar-refractivity contribution < 1.29 is 31.1 Å². The van der Waals surface area contributed by atoms with E-state index in [0.717, 1.165) is 5.56 Å². The van der Waals surface area contributed by atoms with Gasteiger partial charge in [-0.3, -0.25) is 4.79 Å². The van der Waals surface area contributed by atoms with Crippen molar-refractivity contribution in [2.45, 2.75) is 23.5 Å². The van der Waals surface area contributed by atoms with Crippen LogP contribution in [-0.4, -0.2) is 83.9 Å². The summed E-state index contributed by atoms with van der Waals surface area (Å²) in [6, 6.07) is 15.3. The number of ether oxygens (including phenoxy) is 2. The highest BCUT2D eigenvalue weighted by Gasteiger charge is 2.31. The molecule has 202 valence electrons. The highest BCUT2D eigenvalue weighted by molar-refractivity contribution is 7.89. The average Bonchev–Trinajstić information content (AvgIpc) is 2.92. The van der Waals surface area contributed by atoms with Crippen molar-refractivity contribution in [1.29, 1.82) is 0 Å². The Morgan fingerprint density at radius 3 is 2.19 bits per heavy atom. The molecule has 2 fully saturated rings. The van der Waals surface area contributed by atoms with E-state index in [9.17, 15) is 21.6 Å². The minimum atomic E-state index is -3.56. The van der Waals surface area contributed by atoms with E-state index in [1.54, 1.807) is 24.3 Å². The Balaban J connectivity index is 1.17. The van der Waals surface area contributed by atoms with E-state index in [1.165, 1.54) is 20.7 Å². The van der Waals surface area contributed by atoms with Gasteiger partial charge in [-0.25, -0.2) is 21.1 Å². The zero-order chi connectivity index (χ0) is 26.3. The third-order valence-electron chi connectivity index (χ3n) is 6.51. The van der Waals surface area contributed by atoms with Gasteiger partial charge < -0.3 is 14.8 Å². The molecular formula is C25H33N3O7S2. The molecule has 2 heterocycles. The van der Waals surface area contributed by atoms with Gasteiger partial charge >= 0.3 is 0 Å². The number of sulfonamides is 2. The molecular weight excluding hydrogens is 518 g/mol. The van der Waals surface area contributed by atoms with E-state index in [2.05, 4.69) is 5.32 Å². The quantitative estimate of drug-likeness (QED) is 0.444. The predicted octanol–water partition coefficient (Wildman–Crippen LogP) is 1.44. The summed E-state index contributed by atoms with van der Waals surface area (Å²) in [7, 11) is -6.98. The number of nitrogens with zero attached hydrogens (tertiary/aromatic N) is 2. The highest BCUT2D eigenvalue weighted by Crippen LogP contribution is 2.22. The molecule has 2 aromatic carbocycles. The first kappa shape index (κ1) is 27.5. The van der Waals surface area contributed by atoms with Gasteiger partial charge in [0.1, 0.15) is 12.4 Å². The lowest BCUT2D eigenvalue weighted by atomic mass is 9.97. The van der Waals surface area contributed by atoms with Gasteiger partial charge in [-0.1, -0.05) is 30.3 Å². The molecule has 0 atom stereocenters. The number of carbonyl (C=O) groups excluding carboxylic acids is 1. The number of rotatable bonds is 10. The number of benzene rings is 2. The summed E-state index contributed by atoms with van der Waals surface area (Å²) < 4.78 is 64.5. The fraction of sp³-hybridized carbons (Fsp3) is 0.480. The summed E-state index contributed by atoms with van der Waals surface area (Å²) in [6.45, 7) is 2.61. The molecule has 0 aliphatic carbocycles. The SMILES string of the molecule is O=C(NCCOc1ccc(S(=O)(=O)N2CCOCC2)cc1)C1CCN(S(=O)(=O)Cc2ccccc2)CC1. The zero-order valence-corrected chi connectivity index (χ0v) is 22.3. The van der Waals surface area contributed by atoms with Crippen molar-refractivity contribution in [3.05, 3.63) is 60.2 Å². The number of hydrogen-bond donors (Lipinski definition) is 1. The van der Waals surface area contributed by atoms with Crippen LogP contribution in [0.4, 0.5) is 0 Å². The van der Waals surface area contributed by atoms with Gasteiger partial charge in [-0.2, -0.15) is 4.31 Å². The van der Waals surface area contributed by atoms with Crippen LogP contribution in [0.25, 0.3) is 0 Å². The molecule has 2 aliphatic heterocycles. The number of piperidine rings is 1. The van der Waals surface area contributed by atoms with E-state index in [4.69, 9.17) is 9.47 Å². The third kappa shape index (κ3) is 7.29. The lowest BCUT2D eigenvalue weighted by Crippen LogP contribution is -2.43.